The van der Waals surface area contributed by atoms with E-state index in [0.29, 0.717) is 12.6 Å². The number of aliphatic hydroxyl groups is 1. The number of nitrogens with one attached hydrogen (secondary N) is 1. The summed E-state index contributed by atoms with van der Waals surface area (Å²) in [6.07, 6.45) is 2.54. The van der Waals surface area contributed by atoms with Gasteiger partial charge in [-0.3, -0.25) is 0 Å². The van der Waals surface area contributed by atoms with E-state index in [1.165, 1.54) is 12.8 Å². The fraction of sp³-hybridized carbons (Fsp3) is 0.538. The van der Waals surface area contributed by atoms with Gasteiger partial charge in [0.15, 0.2) is 0 Å². The van der Waals surface area contributed by atoms with Crippen LogP contribution in [0.5, 0.6) is 0 Å². The summed E-state index contributed by atoms with van der Waals surface area (Å²) in [6, 6.07) is 6.58. The Morgan fingerprint density at radius 1 is 1.47 bits per heavy atom. The van der Waals surface area contributed by atoms with Crippen LogP contribution in [0.3, 0.4) is 0 Å². The van der Waals surface area contributed by atoms with Crippen LogP contribution in [-0.2, 0) is 6.54 Å². The number of benzene rings is 1. The molecule has 0 saturated heterocycles. The second kappa shape index (κ2) is 5.71. The normalized spacial score (nSPS) is 15.0. The van der Waals surface area contributed by atoms with E-state index >= 15 is 0 Å². The van der Waals surface area contributed by atoms with E-state index in [1.54, 1.807) is 0 Å². The number of hydrogen-bond acceptors (Lipinski definition) is 3. The predicted molar refractivity (Wildman–Crippen MR) is 71.7 cm³/mol. The third-order valence-corrected chi connectivity index (χ3v) is 3.44. The highest BCUT2D eigenvalue weighted by Crippen LogP contribution is 2.28. The number of halogens is 1. The van der Waals surface area contributed by atoms with Crippen LogP contribution in [0.2, 0.25) is 5.02 Å². The van der Waals surface area contributed by atoms with E-state index in [4.69, 9.17) is 16.7 Å². The zero-order valence-electron chi connectivity index (χ0n) is 10.1. The minimum Gasteiger partial charge on any atom is -0.395 e. The molecule has 4 heteroatoms. The van der Waals surface area contributed by atoms with Crippen molar-refractivity contribution in [3.63, 3.8) is 0 Å². The van der Waals surface area contributed by atoms with Gasteiger partial charge in [0.1, 0.15) is 0 Å². The number of aliphatic hydroxyl groups excluding tert-OH is 1. The van der Waals surface area contributed by atoms with Gasteiger partial charge in [0, 0.05) is 42.5 Å². The first kappa shape index (κ1) is 12.7. The Hall–Kier alpha value is -0.770. The van der Waals surface area contributed by atoms with Crippen molar-refractivity contribution < 1.29 is 5.11 Å². The van der Waals surface area contributed by atoms with Crippen molar-refractivity contribution in [3.8, 4) is 0 Å². The van der Waals surface area contributed by atoms with Crippen LogP contribution < -0.4 is 10.2 Å². The number of hydrogen-bond donors (Lipinski definition) is 2. The molecular formula is C13H19ClN2O. The summed E-state index contributed by atoms with van der Waals surface area (Å²) in [4.78, 5) is 2.04. The van der Waals surface area contributed by atoms with Gasteiger partial charge in [0.25, 0.3) is 0 Å². The molecule has 1 aromatic rings. The molecule has 0 aliphatic heterocycles. The van der Waals surface area contributed by atoms with Crippen LogP contribution >= 0.6 is 11.6 Å². The van der Waals surface area contributed by atoms with Crippen molar-refractivity contribution in [1.82, 2.24) is 5.32 Å². The molecule has 0 unspecified atom stereocenters. The number of rotatable bonds is 6. The van der Waals surface area contributed by atoms with Gasteiger partial charge in [0.05, 0.1) is 6.61 Å². The van der Waals surface area contributed by atoms with Crippen molar-refractivity contribution in [2.24, 2.45) is 0 Å². The maximum Gasteiger partial charge on any atom is 0.0606 e. The Balaban J connectivity index is 2.13. The summed E-state index contributed by atoms with van der Waals surface area (Å²) in [5.41, 5.74) is 2.22. The average Bonchev–Trinajstić information content (AvgIpc) is 3.11. The van der Waals surface area contributed by atoms with Gasteiger partial charge in [-0.25, -0.2) is 0 Å². The SMILES string of the molecule is CN(CCO)c1cccc(Cl)c1CNC1CC1. The smallest absolute Gasteiger partial charge is 0.0606 e. The molecule has 0 atom stereocenters. The molecule has 1 aliphatic rings. The van der Waals surface area contributed by atoms with E-state index < -0.39 is 0 Å². The molecule has 1 aliphatic carbocycles. The van der Waals surface area contributed by atoms with Gasteiger partial charge in [-0.2, -0.15) is 0 Å². The minimum absolute atomic E-state index is 0.151. The number of nitrogens with zero attached hydrogens (tertiary/aromatic N) is 1. The highest BCUT2D eigenvalue weighted by atomic mass is 35.5. The van der Waals surface area contributed by atoms with Crippen LogP contribution in [0.15, 0.2) is 18.2 Å². The molecule has 0 radical (unpaired) electrons. The average molecular weight is 255 g/mol. The quantitative estimate of drug-likeness (QED) is 0.815. The minimum atomic E-state index is 0.151. The molecule has 0 bridgehead atoms. The zero-order chi connectivity index (χ0) is 12.3. The highest BCUT2D eigenvalue weighted by molar-refractivity contribution is 6.31. The molecule has 0 aromatic heterocycles. The molecule has 94 valence electrons. The van der Waals surface area contributed by atoms with E-state index in [9.17, 15) is 0 Å². The fourth-order valence-corrected chi connectivity index (χ4v) is 2.12. The summed E-state index contributed by atoms with van der Waals surface area (Å²) in [7, 11) is 1.97. The van der Waals surface area contributed by atoms with Gasteiger partial charge < -0.3 is 15.3 Å². The Morgan fingerprint density at radius 2 is 2.24 bits per heavy atom. The molecule has 0 amide bonds. The highest BCUT2D eigenvalue weighted by Gasteiger charge is 2.21. The van der Waals surface area contributed by atoms with Crippen LogP contribution in [0.25, 0.3) is 0 Å². The summed E-state index contributed by atoms with van der Waals surface area (Å²) in [5, 5.41) is 13.3. The first-order chi connectivity index (χ1) is 8.22. The number of anilines is 1. The molecule has 0 heterocycles. The fourth-order valence-electron chi connectivity index (χ4n) is 1.88. The lowest BCUT2D eigenvalue weighted by Gasteiger charge is -2.22. The van der Waals surface area contributed by atoms with Crippen molar-refractivity contribution in [1.29, 1.82) is 0 Å². The van der Waals surface area contributed by atoms with E-state index in [0.717, 1.165) is 22.8 Å². The van der Waals surface area contributed by atoms with Gasteiger partial charge in [-0.1, -0.05) is 17.7 Å². The Labute approximate surface area is 107 Å². The standard InChI is InChI=1S/C13H19ClN2O/c1-16(7-8-17)13-4-2-3-12(14)11(13)9-15-10-5-6-10/h2-4,10,15,17H,5-9H2,1H3. The molecular weight excluding hydrogens is 236 g/mol. The molecule has 1 aromatic carbocycles. The topological polar surface area (TPSA) is 35.5 Å². The molecule has 17 heavy (non-hydrogen) atoms. The van der Waals surface area contributed by atoms with Crippen molar-refractivity contribution >= 4 is 17.3 Å². The lowest BCUT2D eigenvalue weighted by molar-refractivity contribution is 0.304. The molecule has 1 fully saturated rings. The second-order valence-corrected chi connectivity index (χ2v) is 4.95. The van der Waals surface area contributed by atoms with E-state index in [1.807, 2.05) is 30.1 Å². The van der Waals surface area contributed by atoms with Crippen molar-refractivity contribution in [3.05, 3.63) is 28.8 Å². The second-order valence-electron chi connectivity index (χ2n) is 4.54. The first-order valence-electron chi connectivity index (χ1n) is 6.05. The van der Waals surface area contributed by atoms with Crippen molar-refractivity contribution in [2.75, 3.05) is 25.1 Å². The van der Waals surface area contributed by atoms with Gasteiger partial charge in [-0.15, -0.1) is 0 Å². The van der Waals surface area contributed by atoms with Crippen LogP contribution in [-0.4, -0.2) is 31.3 Å². The van der Waals surface area contributed by atoms with Gasteiger partial charge in [-0.05, 0) is 25.0 Å². The van der Waals surface area contributed by atoms with Crippen LogP contribution in [0, 0.1) is 0 Å². The maximum absolute atomic E-state index is 9.00. The first-order valence-corrected chi connectivity index (χ1v) is 6.43. The molecule has 2 rings (SSSR count). The predicted octanol–water partition coefficient (Wildman–Crippen LogP) is 2.02. The summed E-state index contributed by atoms with van der Waals surface area (Å²) in [5.74, 6) is 0. The zero-order valence-corrected chi connectivity index (χ0v) is 10.9. The Bertz CT molecular complexity index is 380. The summed E-state index contributed by atoms with van der Waals surface area (Å²) >= 11 is 6.25. The molecule has 2 N–H and O–H groups in total. The molecule has 0 spiro atoms. The van der Waals surface area contributed by atoms with Gasteiger partial charge in [0.2, 0.25) is 0 Å². The van der Waals surface area contributed by atoms with Crippen LogP contribution in [0.4, 0.5) is 5.69 Å². The number of likely N-dealkylation sites (N-methyl/N-ethyl adjacent to an activating group) is 1. The Kier molecular flexibility index (Phi) is 4.26. The lowest BCUT2D eigenvalue weighted by atomic mass is 10.1. The lowest BCUT2D eigenvalue weighted by Crippen LogP contribution is -2.24. The maximum atomic E-state index is 9.00. The Morgan fingerprint density at radius 3 is 2.88 bits per heavy atom. The third kappa shape index (κ3) is 3.35. The summed E-state index contributed by atoms with van der Waals surface area (Å²) in [6.45, 7) is 1.57. The van der Waals surface area contributed by atoms with Crippen molar-refractivity contribution in [2.45, 2.75) is 25.4 Å². The van der Waals surface area contributed by atoms with E-state index in [2.05, 4.69) is 5.32 Å². The third-order valence-electron chi connectivity index (χ3n) is 3.09. The summed E-state index contributed by atoms with van der Waals surface area (Å²) < 4.78 is 0. The van der Waals surface area contributed by atoms with Crippen LogP contribution in [0.1, 0.15) is 18.4 Å². The van der Waals surface area contributed by atoms with E-state index in [-0.39, 0.29) is 6.61 Å². The van der Waals surface area contributed by atoms with Gasteiger partial charge >= 0.3 is 0 Å². The molecule has 3 nitrogen and oxygen atoms in total. The molecule has 1 saturated carbocycles. The monoisotopic (exact) mass is 254 g/mol. The largest absolute Gasteiger partial charge is 0.395 e.